The first kappa shape index (κ1) is 16.1. The number of carbonyl (C=O) groups excluding carboxylic acids is 1. The van der Waals surface area contributed by atoms with Crippen molar-refractivity contribution in [2.75, 3.05) is 13.1 Å². The van der Waals surface area contributed by atoms with E-state index in [1.54, 1.807) is 12.4 Å². The highest BCUT2D eigenvalue weighted by molar-refractivity contribution is 9.10. The second kappa shape index (κ2) is 6.84. The van der Waals surface area contributed by atoms with E-state index in [2.05, 4.69) is 30.9 Å². The summed E-state index contributed by atoms with van der Waals surface area (Å²) in [5, 5.41) is 1.10. The van der Waals surface area contributed by atoms with Gasteiger partial charge in [-0.05, 0) is 52.4 Å². The SMILES string of the molecule is O=C(c1ccc2cc[nH]c2c1)N1CCCC(Oc2ncc(Br)cn2)C1. The Morgan fingerprint density at radius 1 is 1.28 bits per heavy atom. The molecule has 4 rings (SSSR count). The Labute approximate surface area is 153 Å². The molecule has 25 heavy (non-hydrogen) atoms. The predicted octanol–water partition coefficient (Wildman–Crippen LogP) is 3.40. The van der Waals surface area contributed by atoms with Crippen LogP contribution in [0.3, 0.4) is 0 Å². The van der Waals surface area contributed by atoms with E-state index >= 15 is 0 Å². The molecule has 1 atom stereocenters. The molecule has 1 aliphatic rings. The van der Waals surface area contributed by atoms with Crippen LogP contribution in [0.2, 0.25) is 0 Å². The van der Waals surface area contributed by atoms with Crippen molar-refractivity contribution in [1.29, 1.82) is 0 Å². The number of benzene rings is 1. The van der Waals surface area contributed by atoms with Gasteiger partial charge >= 0.3 is 6.01 Å². The lowest BCUT2D eigenvalue weighted by Crippen LogP contribution is -2.44. The highest BCUT2D eigenvalue weighted by Crippen LogP contribution is 2.20. The van der Waals surface area contributed by atoms with Crippen LogP contribution in [0.25, 0.3) is 10.9 Å². The number of amides is 1. The maximum Gasteiger partial charge on any atom is 0.316 e. The first-order valence-electron chi connectivity index (χ1n) is 8.20. The molecule has 128 valence electrons. The van der Waals surface area contributed by atoms with Crippen molar-refractivity contribution < 1.29 is 9.53 Å². The second-order valence-electron chi connectivity index (χ2n) is 6.10. The number of halogens is 1. The monoisotopic (exact) mass is 400 g/mol. The minimum atomic E-state index is -0.0897. The number of likely N-dealkylation sites (tertiary alicyclic amines) is 1. The van der Waals surface area contributed by atoms with Crippen LogP contribution in [0.15, 0.2) is 47.3 Å². The molecule has 6 nitrogen and oxygen atoms in total. The summed E-state index contributed by atoms with van der Waals surface area (Å²) in [7, 11) is 0. The number of carbonyl (C=O) groups is 1. The maximum atomic E-state index is 12.8. The van der Waals surface area contributed by atoms with Crippen LogP contribution in [0.1, 0.15) is 23.2 Å². The molecule has 0 spiro atoms. The zero-order valence-corrected chi connectivity index (χ0v) is 15.1. The number of H-pyrrole nitrogens is 1. The van der Waals surface area contributed by atoms with Gasteiger partial charge < -0.3 is 14.6 Å². The van der Waals surface area contributed by atoms with Crippen molar-refractivity contribution in [3.05, 3.63) is 52.9 Å². The first-order chi connectivity index (χ1) is 12.2. The summed E-state index contributed by atoms with van der Waals surface area (Å²) < 4.78 is 6.65. The van der Waals surface area contributed by atoms with Crippen molar-refractivity contribution in [2.45, 2.75) is 18.9 Å². The van der Waals surface area contributed by atoms with Gasteiger partial charge in [0, 0.05) is 36.2 Å². The molecule has 2 aromatic heterocycles. The summed E-state index contributed by atoms with van der Waals surface area (Å²) in [6.45, 7) is 1.28. The van der Waals surface area contributed by atoms with Crippen molar-refractivity contribution >= 4 is 32.7 Å². The van der Waals surface area contributed by atoms with Crippen LogP contribution in [0, 0.1) is 0 Å². The van der Waals surface area contributed by atoms with Crippen molar-refractivity contribution in [1.82, 2.24) is 19.9 Å². The summed E-state index contributed by atoms with van der Waals surface area (Å²) in [6.07, 6.45) is 6.88. The van der Waals surface area contributed by atoms with Gasteiger partial charge in [0.1, 0.15) is 6.10 Å². The van der Waals surface area contributed by atoms with Gasteiger partial charge in [-0.25, -0.2) is 9.97 Å². The number of hydrogen-bond acceptors (Lipinski definition) is 4. The van der Waals surface area contributed by atoms with Gasteiger partial charge in [-0.2, -0.15) is 0 Å². The summed E-state index contributed by atoms with van der Waals surface area (Å²) in [5.74, 6) is 0.0292. The maximum absolute atomic E-state index is 12.8. The molecular formula is C18H17BrN4O2. The average Bonchev–Trinajstić information content (AvgIpc) is 3.11. The molecule has 1 amide bonds. The Morgan fingerprint density at radius 3 is 2.96 bits per heavy atom. The van der Waals surface area contributed by atoms with E-state index in [1.165, 1.54) is 0 Å². The van der Waals surface area contributed by atoms with Crippen LogP contribution in [-0.4, -0.2) is 45.0 Å². The van der Waals surface area contributed by atoms with E-state index in [0.717, 1.165) is 34.8 Å². The number of hydrogen-bond donors (Lipinski definition) is 1. The van der Waals surface area contributed by atoms with Gasteiger partial charge in [-0.3, -0.25) is 4.79 Å². The summed E-state index contributed by atoms with van der Waals surface area (Å²) in [6, 6.07) is 8.08. The molecule has 1 fully saturated rings. The zero-order valence-electron chi connectivity index (χ0n) is 13.5. The molecule has 0 radical (unpaired) electrons. The third-order valence-electron chi connectivity index (χ3n) is 4.34. The van der Waals surface area contributed by atoms with Crippen molar-refractivity contribution in [3.63, 3.8) is 0 Å². The van der Waals surface area contributed by atoms with Crippen LogP contribution in [0.4, 0.5) is 0 Å². The highest BCUT2D eigenvalue weighted by Gasteiger charge is 2.26. The van der Waals surface area contributed by atoms with E-state index < -0.39 is 0 Å². The van der Waals surface area contributed by atoms with E-state index in [4.69, 9.17) is 4.74 Å². The summed E-state index contributed by atoms with van der Waals surface area (Å²) in [5.41, 5.74) is 1.66. The highest BCUT2D eigenvalue weighted by atomic mass is 79.9. The lowest BCUT2D eigenvalue weighted by atomic mass is 10.1. The van der Waals surface area contributed by atoms with Gasteiger partial charge in [-0.1, -0.05) is 6.07 Å². The van der Waals surface area contributed by atoms with Crippen molar-refractivity contribution in [2.24, 2.45) is 0 Å². The van der Waals surface area contributed by atoms with Gasteiger partial charge in [0.2, 0.25) is 0 Å². The number of nitrogens with zero attached hydrogens (tertiary/aromatic N) is 3. The van der Waals surface area contributed by atoms with Gasteiger partial charge in [0.15, 0.2) is 0 Å². The van der Waals surface area contributed by atoms with Crippen LogP contribution in [0.5, 0.6) is 6.01 Å². The number of fused-ring (bicyclic) bond motifs is 1. The molecule has 1 aliphatic heterocycles. The quantitative estimate of drug-likeness (QED) is 0.730. The van der Waals surface area contributed by atoms with Gasteiger partial charge in [0.05, 0.1) is 11.0 Å². The molecule has 0 saturated carbocycles. The molecule has 3 aromatic rings. The topological polar surface area (TPSA) is 71.1 Å². The Balaban J connectivity index is 1.46. The Morgan fingerprint density at radius 2 is 2.12 bits per heavy atom. The lowest BCUT2D eigenvalue weighted by Gasteiger charge is -2.32. The standard InChI is InChI=1S/C18H17BrN4O2/c19-14-9-21-18(22-10-14)25-15-2-1-7-23(11-15)17(24)13-4-3-12-5-6-20-16(12)8-13/h3-6,8-10,15,20H,1-2,7,11H2. The smallest absolute Gasteiger partial charge is 0.316 e. The third kappa shape index (κ3) is 3.51. The zero-order chi connectivity index (χ0) is 17.2. The van der Waals surface area contributed by atoms with E-state index in [1.807, 2.05) is 35.4 Å². The van der Waals surface area contributed by atoms with E-state index in [9.17, 15) is 4.79 Å². The second-order valence-corrected chi connectivity index (χ2v) is 7.01. The molecule has 1 aromatic carbocycles. The summed E-state index contributed by atoms with van der Waals surface area (Å²) in [4.78, 5) is 26.1. The van der Waals surface area contributed by atoms with Gasteiger partial charge in [0.25, 0.3) is 5.91 Å². The average molecular weight is 401 g/mol. The van der Waals surface area contributed by atoms with Crippen molar-refractivity contribution in [3.8, 4) is 6.01 Å². The molecule has 7 heteroatoms. The Kier molecular flexibility index (Phi) is 4.40. The van der Waals surface area contributed by atoms with E-state index in [0.29, 0.717) is 18.1 Å². The predicted molar refractivity (Wildman–Crippen MR) is 97.6 cm³/mol. The number of piperidine rings is 1. The number of rotatable bonds is 3. The largest absolute Gasteiger partial charge is 0.458 e. The molecule has 1 saturated heterocycles. The third-order valence-corrected chi connectivity index (χ3v) is 4.75. The first-order valence-corrected chi connectivity index (χ1v) is 8.99. The number of aromatic amines is 1. The molecule has 0 aliphatic carbocycles. The molecule has 0 bridgehead atoms. The number of aromatic nitrogens is 3. The van der Waals surface area contributed by atoms with Crippen LogP contribution in [-0.2, 0) is 0 Å². The number of ether oxygens (including phenoxy) is 1. The molecule has 1 unspecified atom stereocenters. The molecular weight excluding hydrogens is 384 g/mol. The molecule has 1 N–H and O–H groups in total. The van der Waals surface area contributed by atoms with Crippen LogP contribution >= 0.6 is 15.9 Å². The Hall–Kier alpha value is -2.41. The molecule has 3 heterocycles. The fourth-order valence-corrected chi connectivity index (χ4v) is 3.30. The number of nitrogens with one attached hydrogen (secondary N) is 1. The minimum absolute atomic E-state index is 0.0292. The van der Waals surface area contributed by atoms with Gasteiger partial charge in [-0.15, -0.1) is 0 Å². The fourth-order valence-electron chi connectivity index (χ4n) is 3.09. The Bertz CT molecular complexity index is 893. The lowest BCUT2D eigenvalue weighted by molar-refractivity contribution is 0.0516. The minimum Gasteiger partial charge on any atom is -0.458 e. The fraction of sp³-hybridized carbons (Fsp3) is 0.278. The van der Waals surface area contributed by atoms with Crippen LogP contribution < -0.4 is 4.74 Å². The summed E-state index contributed by atoms with van der Waals surface area (Å²) >= 11 is 3.30. The normalized spacial score (nSPS) is 17.6. The van der Waals surface area contributed by atoms with E-state index in [-0.39, 0.29) is 12.0 Å².